The van der Waals surface area contributed by atoms with Crippen LogP contribution in [0.2, 0.25) is 0 Å². The van der Waals surface area contributed by atoms with E-state index in [0.717, 1.165) is 42.8 Å². The van der Waals surface area contributed by atoms with E-state index in [2.05, 4.69) is 20.6 Å². The molecular weight excluding hydrogens is 414 g/mol. The standard InChI is InChI=1S/C26H31N5O2/c1-31(2)24-16-17-27-26(30-24)29-21-14-12-20(13-15-21)28-25(32)23-11-7-6-8-19(23)18-33-22-9-4-3-5-10-22/h3-11,16-17,20-21H,12-15,18H2,1-2H3,(H,28,32)(H,27,29,30). The van der Waals surface area contributed by atoms with E-state index in [9.17, 15) is 4.79 Å². The molecule has 0 spiro atoms. The highest BCUT2D eigenvalue weighted by Crippen LogP contribution is 2.23. The number of ether oxygens (including phenoxy) is 1. The smallest absolute Gasteiger partial charge is 0.251 e. The van der Waals surface area contributed by atoms with Gasteiger partial charge < -0.3 is 20.3 Å². The van der Waals surface area contributed by atoms with Crippen molar-refractivity contribution in [1.29, 1.82) is 0 Å². The summed E-state index contributed by atoms with van der Waals surface area (Å²) in [4.78, 5) is 23.9. The molecule has 0 aliphatic heterocycles. The Hall–Kier alpha value is -3.61. The Kier molecular flexibility index (Phi) is 7.40. The molecule has 1 fully saturated rings. The van der Waals surface area contributed by atoms with Gasteiger partial charge in [-0.25, -0.2) is 4.98 Å². The Morgan fingerprint density at radius 3 is 2.42 bits per heavy atom. The monoisotopic (exact) mass is 445 g/mol. The van der Waals surface area contributed by atoms with Crippen molar-refractivity contribution in [2.75, 3.05) is 24.3 Å². The number of rotatable bonds is 8. The summed E-state index contributed by atoms with van der Waals surface area (Å²) < 4.78 is 5.86. The van der Waals surface area contributed by atoms with Crippen LogP contribution in [0.15, 0.2) is 66.9 Å². The van der Waals surface area contributed by atoms with Crippen LogP contribution in [-0.4, -0.2) is 42.1 Å². The van der Waals surface area contributed by atoms with Crippen molar-refractivity contribution < 1.29 is 9.53 Å². The topological polar surface area (TPSA) is 79.4 Å². The molecule has 0 atom stereocenters. The van der Waals surface area contributed by atoms with Crippen LogP contribution in [-0.2, 0) is 6.61 Å². The molecule has 1 aliphatic rings. The second-order valence-electron chi connectivity index (χ2n) is 8.56. The second kappa shape index (κ2) is 10.8. The summed E-state index contributed by atoms with van der Waals surface area (Å²) in [6.45, 7) is 0.357. The minimum Gasteiger partial charge on any atom is -0.489 e. The average molecular weight is 446 g/mol. The molecule has 1 aliphatic carbocycles. The Morgan fingerprint density at radius 2 is 1.67 bits per heavy atom. The summed E-state index contributed by atoms with van der Waals surface area (Å²) in [6, 6.07) is 19.6. The first kappa shape index (κ1) is 22.6. The zero-order chi connectivity index (χ0) is 23.0. The first-order valence-corrected chi connectivity index (χ1v) is 11.4. The maximum Gasteiger partial charge on any atom is 0.251 e. The first-order chi connectivity index (χ1) is 16.1. The molecular formula is C26H31N5O2. The average Bonchev–Trinajstić information content (AvgIpc) is 2.85. The number of carbonyl (C=O) groups is 1. The summed E-state index contributed by atoms with van der Waals surface area (Å²) >= 11 is 0. The zero-order valence-electron chi connectivity index (χ0n) is 19.2. The lowest BCUT2D eigenvalue weighted by Crippen LogP contribution is -2.40. The zero-order valence-corrected chi connectivity index (χ0v) is 19.2. The maximum atomic E-state index is 13.0. The van der Waals surface area contributed by atoms with Gasteiger partial charge >= 0.3 is 0 Å². The molecule has 0 bridgehead atoms. The van der Waals surface area contributed by atoms with Gasteiger partial charge in [-0.3, -0.25) is 4.79 Å². The van der Waals surface area contributed by atoms with Gasteiger partial charge in [-0.05, 0) is 49.9 Å². The van der Waals surface area contributed by atoms with Crippen LogP contribution >= 0.6 is 0 Å². The molecule has 0 saturated heterocycles. The molecule has 1 amide bonds. The second-order valence-corrected chi connectivity index (χ2v) is 8.56. The number of nitrogens with zero attached hydrogens (tertiary/aromatic N) is 3. The summed E-state index contributed by atoms with van der Waals surface area (Å²) in [5.41, 5.74) is 1.55. The van der Waals surface area contributed by atoms with Crippen LogP contribution < -0.4 is 20.3 Å². The van der Waals surface area contributed by atoms with Crippen LogP contribution in [0.5, 0.6) is 5.75 Å². The molecule has 7 heteroatoms. The lowest BCUT2D eigenvalue weighted by molar-refractivity contribution is 0.0924. The van der Waals surface area contributed by atoms with E-state index >= 15 is 0 Å². The molecule has 0 radical (unpaired) electrons. The van der Waals surface area contributed by atoms with E-state index < -0.39 is 0 Å². The van der Waals surface area contributed by atoms with Gasteiger partial charge in [-0.1, -0.05) is 36.4 Å². The molecule has 0 unspecified atom stereocenters. The van der Waals surface area contributed by atoms with E-state index in [1.165, 1.54) is 0 Å². The Morgan fingerprint density at radius 1 is 0.970 bits per heavy atom. The van der Waals surface area contributed by atoms with E-state index in [4.69, 9.17) is 4.74 Å². The molecule has 1 heterocycles. The minimum absolute atomic E-state index is 0.0410. The van der Waals surface area contributed by atoms with Crippen LogP contribution in [0.4, 0.5) is 11.8 Å². The number of para-hydroxylation sites is 1. The van der Waals surface area contributed by atoms with Gasteiger partial charge in [0.25, 0.3) is 5.91 Å². The fourth-order valence-electron chi connectivity index (χ4n) is 4.04. The van der Waals surface area contributed by atoms with Gasteiger partial charge in [-0.15, -0.1) is 0 Å². The van der Waals surface area contributed by atoms with Gasteiger partial charge in [0.1, 0.15) is 18.2 Å². The molecule has 2 aromatic carbocycles. The fourth-order valence-corrected chi connectivity index (χ4v) is 4.04. The SMILES string of the molecule is CN(C)c1ccnc(NC2CCC(NC(=O)c3ccccc3COc3ccccc3)CC2)n1. The minimum atomic E-state index is -0.0410. The van der Waals surface area contributed by atoms with Crippen LogP contribution in [0.3, 0.4) is 0 Å². The predicted octanol–water partition coefficient (Wildman–Crippen LogP) is 4.27. The molecule has 4 rings (SSSR count). The third kappa shape index (κ3) is 6.22. The highest BCUT2D eigenvalue weighted by Gasteiger charge is 2.24. The molecule has 33 heavy (non-hydrogen) atoms. The molecule has 1 saturated carbocycles. The highest BCUT2D eigenvalue weighted by atomic mass is 16.5. The lowest BCUT2D eigenvalue weighted by atomic mass is 9.91. The summed E-state index contributed by atoms with van der Waals surface area (Å²) in [7, 11) is 3.93. The van der Waals surface area contributed by atoms with Crippen molar-refractivity contribution in [3.8, 4) is 5.75 Å². The van der Waals surface area contributed by atoms with E-state index in [1.807, 2.05) is 79.7 Å². The van der Waals surface area contributed by atoms with E-state index in [-0.39, 0.29) is 11.9 Å². The number of carbonyl (C=O) groups excluding carboxylic acids is 1. The molecule has 3 aromatic rings. The van der Waals surface area contributed by atoms with Gasteiger partial charge in [0.15, 0.2) is 0 Å². The number of aromatic nitrogens is 2. The number of benzene rings is 2. The van der Waals surface area contributed by atoms with Crippen molar-refractivity contribution in [2.24, 2.45) is 0 Å². The largest absolute Gasteiger partial charge is 0.489 e. The number of nitrogens with one attached hydrogen (secondary N) is 2. The fraction of sp³-hybridized carbons (Fsp3) is 0.346. The summed E-state index contributed by atoms with van der Waals surface area (Å²) in [6.07, 6.45) is 5.52. The van der Waals surface area contributed by atoms with Crippen molar-refractivity contribution in [2.45, 2.75) is 44.4 Å². The number of hydrogen-bond acceptors (Lipinski definition) is 6. The van der Waals surface area contributed by atoms with Crippen LogP contribution in [0.25, 0.3) is 0 Å². The summed E-state index contributed by atoms with van der Waals surface area (Å²) in [5.74, 6) is 2.28. The van der Waals surface area contributed by atoms with Crippen molar-refractivity contribution in [3.05, 3.63) is 78.0 Å². The maximum absolute atomic E-state index is 13.0. The Bertz CT molecular complexity index is 1050. The number of amides is 1. The van der Waals surface area contributed by atoms with E-state index in [0.29, 0.717) is 24.2 Å². The van der Waals surface area contributed by atoms with Gasteiger partial charge in [0.2, 0.25) is 5.95 Å². The van der Waals surface area contributed by atoms with Crippen LogP contribution in [0.1, 0.15) is 41.6 Å². The van der Waals surface area contributed by atoms with Gasteiger partial charge in [0.05, 0.1) is 0 Å². The molecule has 1 aromatic heterocycles. The lowest BCUT2D eigenvalue weighted by Gasteiger charge is -2.30. The third-order valence-electron chi connectivity index (χ3n) is 5.89. The summed E-state index contributed by atoms with van der Waals surface area (Å²) in [5, 5.41) is 6.67. The van der Waals surface area contributed by atoms with Crippen molar-refractivity contribution >= 4 is 17.7 Å². The third-order valence-corrected chi connectivity index (χ3v) is 5.89. The van der Waals surface area contributed by atoms with Crippen molar-refractivity contribution in [3.63, 3.8) is 0 Å². The molecule has 7 nitrogen and oxygen atoms in total. The van der Waals surface area contributed by atoms with Gasteiger partial charge in [0, 0.05) is 43.5 Å². The van der Waals surface area contributed by atoms with Crippen LogP contribution in [0, 0.1) is 0 Å². The normalized spacial score (nSPS) is 17.8. The quantitative estimate of drug-likeness (QED) is 0.539. The first-order valence-electron chi connectivity index (χ1n) is 11.4. The predicted molar refractivity (Wildman–Crippen MR) is 131 cm³/mol. The van der Waals surface area contributed by atoms with Gasteiger partial charge in [-0.2, -0.15) is 4.98 Å². The Balaban J connectivity index is 1.29. The molecule has 2 N–H and O–H groups in total. The number of anilines is 2. The highest BCUT2D eigenvalue weighted by molar-refractivity contribution is 5.95. The Labute approximate surface area is 195 Å². The molecule has 172 valence electrons. The van der Waals surface area contributed by atoms with Crippen molar-refractivity contribution in [1.82, 2.24) is 15.3 Å². The number of hydrogen-bond donors (Lipinski definition) is 2. The van der Waals surface area contributed by atoms with E-state index in [1.54, 1.807) is 6.20 Å².